The number of rotatable bonds is 3. The van der Waals surface area contributed by atoms with Gasteiger partial charge in [0, 0.05) is 0 Å². The summed E-state index contributed by atoms with van der Waals surface area (Å²) in [6.45, 7) is 0. The largest absolute Gasteiger partial charge is 0.459 e. The van der Waals surface area contributed by atoms with Crippen LogP contribution in [-0.2, 0) is 25.5 Å². The molecule has 0 N–H and O–H groups in total. The summed E-state index contributed by atoms with van der Waals surface area (Å²) < 4.78 is 10.2. The van der Waals surface area contributed by atoms with Crippen molar-refractivity contribution < 1.29 is 19.1 Å². The predicted molar refractivity (Wildman–Crippen MR) is 62.6 cm³/mol. The molecule has 3 atom stereocenters. The summed E-state index contributed by atoms with van der Waals surface area (Å²) in [6, 6.07) is 10.0. The van der Waals surface area contributed by atoms with Crippen molar-refractivity contribution in [2.24, 2.45) is 5.92 Å². The molecule has 0 bridgehead atoms. The van der Waals surface area contributed by atoms with Gasteiger partial charge in [-0.3, -0.25) is 4.79 Å². The molecule has 0 aromatic heterocycles. The van der Waals surface area contributed by atoms with Crippen molar-refractivity contribution in [1.82, 2.24) is 0 Å². The fraction of sp³-hybridized carbons (Fsp3) is 0.429. The van der Waals surface area contributed by atoms with Gasteiger partial charge in [0.2, 0.25) is 6.10 Å². The van der Waals surface area contributed by atoms with E-state index >= 15 is 0 Å². The minimum Gasteiger partial charge on any atom is -0.459 e. The van der Waals surface area contributed by atoms with E-state index in [1.165, 1.54) is 5.56 Å². The van der Waals surface area contributed by atoms with Crippen molar-refractivity contribution in [1.29, 1.82) is 0 Å². The number of benzene rings is 1. The van der Waals surface area contributed by atoms with Crippen LogP contribution in [0.1, 0.15) is 18.4 Å². The fourth-order valence-corrected chi connectivity index (χ4v) is 2.66. The van der Waals surface area contributed by atoms with Gasteiger partial charge < -0.3 is 9.47 Å². The molecule has 0 saturated carbocycles. The fourth-order valence-electron chi connectivity index (χ4n) is 2.66. The number of fused-ring (bicyclic) bond motifs is 1. The molecule has 0 aliphatic carbocycles. The summed E-state index contributed by atoms with van der Waals surface area (Å²) in [5.74, 6) is -0.760. The lowest BCUT2D eigenvalue weighted by atomic mass is 9.93. The number of carbonyl (C=O) groups excluding carboxylic acids is 2. The Bertz CT molecular complexity index is 468. The van der Waals surface area contributed by atoms with Crippen LogP contribution < -0.4 is 0 Å². The highest BCUT2D eigenvalue weighted by molar-refractivity contribution is 5.85. The zero-order chi connectivity index (χ0) is 12.5. The van der Waals surface area contributed by atoms with Gasteiger partial charge in [0.25, 0.3) is 0 Å². The molecule has 4 heteroatoms. The van der Waals surface area contributed by atoms with Gasteiger partial charge >= 0.3 is 11.9 Å². The lowest BCUT2D eigenvalue weighted by Gasteiger charge is -2.13. The molecule has 0 unspecified atom stereocenters. The van der Waals surface area contributed by atoms with E-state index in [-0.39, 0.29) is 24.0 Å². The summed E-state index contributed by atoms with van der Waals surface area (Å²) in [4.78, 5) is 22.7. The lowest BCUT2D eigenvalue weighted by molar-refractivity contribution is -0.158. The van der Waals surface area contributed by atoms with Crippen LogP contribution in [0.4, 0.5) is 0 Å². The molecule has 2 saturated heterocycles. The average molecular weight is 246 g/mol. The number of ether oxygens (including phenoxy) is 2. The first kappa shape index (κ1) is 11.3. The summed E-state index contributed by atoms with van der Waals surface area (Å²) >= 11 is 0. The van der Waals surface area contributed by atoms with Crippen molar-refractivity contribution in [2.75, 3.05) is 0 Å². The SMILES string of the molecule is O=C1C[C@H]2[C@H](CCc3ccccc3)OC(=O)[C@H]2O1. The third-order valence-electron chi connectivity index (χ3n) is 3.59. The van der Waals surface area contributed by atoms with Crippen molar-refractivity contribution in [2.45, 2.75) is 31.5 Å². The van der Waals surface area contributed by atoms with Crippen LogP contribution in [0, 0.1) is 5.92 Å². The monoisotopic (exact) mass is 246 g/mol. The molecule has 4 nitrogen and oxygen atoms in total. The molecule has 2 aliphatic heterocycles. The average Bonchev–Trinajstić information content (AvgIpc) is 2.88. The van der Waals surface area contributed by atoms with E-state index in [1.54, 1.807) is 0 Å². The Labute approximate surface area is 105 Å². The molecule has 2 aliphatic rings. The maximum absolute atomic E-state index is 11.5. The third kappa shape index (κ3) is 1.98. The number of cyclic esters (lactones) is 1. The summed E-state index contributed by atoms with van der Waals surface area (Å²) in [5.41, 5.74) is 1.21. The third-order valence-corrected chi connectivity index (χ3v) is 3.59. The molecule has 0 spiro atoms. The minimum atomic E-state index is -0.654. The van der Waals surface area contributed by atoms with Crippen LogP contribution in [0.5, 0.6) is 0 Å². The Morgan fingerprint density at radius 3 is 2.67 bits per heavy atom. The van der Waals surface area contributed by atoms with E-state index < -0.39 is 6.10 Å². The Hall–Kier alpha value is -1.84. The molecule has 1 aromatic rings. The van der Waals surface area contributed by atoms with Gasteiger partial charge in [-0.1, -0.05) is 30.3 Å². The highest BCUT2D eigenvalue weighted by Gasteiger charge is 2.52. The number of hydrogen-bond donors (Lipinski definition) is 0. The van der Waals surface area contributed by atoms with Gasteiger partial charge in [0.1, 0.15) is 6.10 Å². The van der Waals surface area contributed by atoms with Crippen molar-refractivity contribution in [3.8, 4) is 0 Å². The second kappa shape index (κ2) is 4.44. The Morgan fingerprint density at radius 1 is 1.11 bits per heavy atom. The molecular weight excluding hydrogens is 232 g/mol. The maximum atomic E-state index is 11.5. The van der Waals surface area contributed by atoms with E-state index in [4.69, 9.17) is 9.47 Å². The quantitative estimate of drug-likeness (QED) is 0.758. The molecule has 0 radical (unpaired) electrons. The highest BCUT2D eigenvalue weighted by Crippen LogP contribution is 2.36. The normalized spacial score (nSPS) is 29.9. The van der Waals surface area contributed by atoms with E-state index in [1.807, 2.05) is 30.3 Å². The van der Waals surface area contributed by atoms with Crippen LogP contribution in [0.15, 0.2) is 30.3 Å². The van der Waals surface area contributed by atoms with Gasteiger partial charge in [0.05, 0.1) is 12.3 Å². The number of carbonyl (C=O) groups is 2. The summed E-state index contributed by atoms with van der Waals surface area (Å²) in [6.07, 6.45) is 1.05. The number of hydrogen-bond acceptors (Lipinski definition) is 4. The maximum Gasteiger partial charge on any atom is 0.348 e. The van der Waals surface area contributed by atoms with E-state index in [2.05, 4.69) is 0 Å². The molecule has 0 amide bonds. The number of esters is 2. The lowest BCUT2D eigenvalue weighted by Crippen LogP contribution is -2.21. The van der Waals surface area contributed by atoms with E-state index in [0.717, 1.165) is 12.8 Å². The molecule has 94 valence electrons. The van der Waals surface area contributed by atoms with Crippen molar-refractivity contribution in [3.05, 3.63) is 35.9 Å². The second-order valence-electron chi connectivity index (χ2n) is 4.78. The standard InChI is InChI=1S/C14H14O4/c15-12-8-10-11(17-14(16)13(10)18-12)7-6-9-4-2-1-3-5-9/h1-5,10-11,13H,6-8H2/t10-,11-,13-/m0/s1. The van der Waals surface area contributed by atoms with Crippen LogP contribution in [0.2, 0.25) is 0 Å². The smallest absolute Gasteiger partial charge is 0.348 e. The topological polar surface area (TPSA) is 52.6 Å². The Kier molecular flexibility index (Phi) is 2.78. The molecule has 2 heterocycles. The van der Waals surface area contributed by atoms with Crippen molar-refractivity contribution in [3.63, 3.8) is 0 Å². The molecule has 2 fully saturated rings. The predicted octanol–water partition coefficient (Wildman–Crippen LogP) is 1.48. The zero-order valence-corrected chi connectivity index (χ0v) is 9.87. The van der Waals surface area contributed by atoms with Gasteiger partial charge in [0.15, 0.2) is 0 Å². The van der Waals surface area contributed by atoms with Crippen LogP contribution in [-0.4, -0.2) is 24.1 Å². The first-order valence-corrected chi connectivity index (χ1v) is 6.18. The van der Waals surface area contributed by atoms with Crippen LogP contribution in [0.25, 0.3) is 0 Å². The van der Waals surface area contributed by atoms with Crippen LogP contribution in [0.3, 0.4) is 0 Å². The van der Waals surface area contributed by atoms with E-state index in [9.17, 15) is 9.59 Å². The minimum absolute atomic E-state index is 0.0892. The molecule has 3 rings (SSSR count). The summed E-state index contributed by atoms with van der Waals surface area (Å²) in [5, 5.41) is 0. The number of aryl methyl sites for hydroxylation is 1. The van der Waals surface area contributed by atoms with Gasteiger partial charge in [-0.05, 0) is 18.4 Å². The van der Waals surface area contributed by atoms with Crippen LogP contribution >= 0.6 is 0 Å². The second-order valence-corrected chi connectivity index (χ2v) is 4.78. The first-order valence-electron chi connectivity index (χ1n) is 6.18. The molecular formula is C14H14O4. The van der Waals surface area contributed by atoms with Gasteiger partial charge in [-0.2, -0.15) is 0 Å². The van der Waals surface area contributed by atoms with Gasteiger partial charge in [-0.25, -0.2) is 4.79 Å². The Morgan fingerprint density at radius 2 is 1.89 bits per heavy atom. The van der Waals surface area contributed by atoms with Crippen molar-refractivity contribution >= 4 is 11.9 Å². The highest BCUT2D eigenvalue weighted by atomic mass is 16.6. The Balaban J connectivity index is 1.64. The molecule has 1 aromatic carbocycles. The zero-order valence-electron chi connectivity index (χ0n) is 9.87. The molecule has 18 heavy (non-hydrogen) atoms. The van der Waals surface area contributed by atoms with E-state index in [0.29, 0.717) is 6.42 Å². The first-order chi connectivity index (χ1) is 8.74. The van der Waals surface area contributed by atoms with Gasteiger partial charge in [-0.15, -0.1) is 0 Å². The summed E-state index contributed by atoms with van der Waals surface area (Å²) in [7, 11) is 0.